The van der Waals surface area contributed by atoms with Crippen LogP contribution >= 0.6 is 0 Å². The van der Waals surface area contributed by atoms with Crippen LogP contribution < -0.4 is 5.32 Å². The molecule has 8 heteroatoms. The van der Waals surface area contributed by atoms with Crippen molar-refractivity contribution in [1.82, 2.24) is 9.80 Å². The molecule has 2 aliphatic rings. The van der Waals surface area contributed by atoms with Crippen molar-refractivity contribution in [2.24, 2.45) is 0 Å². The quantitative estimate of drug-likeness (QED) is 0.815. The molecule has 6 nitrogen and oxygen atoms in total. The highest BCUT2D eigenvalue weighted by molar-refractivity contribution is 5.99. The second kappa shape index (κ2) is 8.30. The van der Waals surface area contributed by atoms with Crippen LogP contribution in [0.4, 0.5) is 19.3 Å². The van der Waals surface area contributed by atoms with Crippen LogP contribution in [0.1, 0.15) is 41.9 Å². The minimum Gasteiger partial charge on any atom is -0.450 e. The van der Waals surface area contributed by atoms with Gasteiger partial charge < -0.3 is 19.9 Å². The Morgan fingerprint density at radius 3 is 2.63 bits per heavy atom. The van der Waals surface area contributed by atoms with Crippen molar-refractivity contribution in [2.45, 2.75) is 32.0 Å². The molecule has 2 aromatic carbocycles. The third kappa shape index (κ3) is 3.69. The zero-order valence-corrected chi connectivity index (χ0v) is 16.6. The third-order valence-electron chi connectivity index (χ3n) is 5.60. The second-order valence-electron chi connectivity index (χ2n) is 7.39. The maximum absolute atomic E-state index is 14.3. The Labute approximate surface area is 173 Å². The first-order chi connectivity index (χ1) is 14.5. The fourth-order valence-electron chi connectivity index (χ4n) is 4.16. The molecule has 4 rings (SSSR count). The van der Waals surface area contributed by atoms with Crippen molar-refractivity contribution in [3.8, 4) is 0 Å². The number of hydrogen-bond acceptors (Lipinski definition) is 4. The predicted octanol–water partition coefficient (Wildman–Crippen LogP) is 4.15. The number of amides is 2. The van der Waals surface area contributed by atoms with Crippen LogP contribution in [-0.2, 0) is 4.74 Å². The van der Waals surface area contributed by atoms with E-state index in [1.54, 1.807) is 28.9 Å². The summed E-state index contributed by atoms with van der Waals surface area (Å²) in [6.07, 6.45) is 0.165. The molecule has 1 fully saturated rings. The maximum Gasteiger partial charge on any atom is 0.409 e. The van der Waals surface area contributed by atoms with Crippen molar-refractivity contribution >= 4 is 17.7 Å². The van der Waals surface area contributed by atoms with Crippen molar-refractivity contribution in [2.75, 3.05) is 25.0 Å². The van der Waals surface area contributed by atoms with E-state index in [1.165, 1.54) is 0 Å². The van der Waals surface area contributed by atoms with Crippen molar-refractivity contribution in [3.63, 3.8) is 0 Å². The van der Waals surface area contributed by atoms with Crippen LogP contribution in [0.25, 0.3) is 0 Å². The molecule has 2 heterocycles. The van der Waals surface area contributed by atoms with Crippen molar-refractivity contribution in [1.29, 1.82) is 0 Å². The standard InChI is InChI=1S/C22H23F2N3O3/c1-2-30-22(29)26-11-9-15(10-12-26)27-20(16-5-3-4-6-17(16)21(27)28)25-19-13-14(23)7-8-18(19)24/h3-8,13,15,20,25H,2,9-12H2,1H3/t20-/m1/s1. The molecule has 1 N–H and O–H groups in total. The van der Waals surface area contributed by atoms with Gasteiger partial charge in [0.25, 0.3) is 5.91 Å². The largest absolute Gasteiger partial charge is 0.450 e. The number of nitrogens with zero attached hydrogens (tertiary/aromatic N) is 2. The van der Waals surface area contributed by atoms with Crippen LogP contribution in [0.3, 0.4) is 0 Å². The van der Waals surface area contributed by atoms with Gasteiger partial charge in [0.1, 0.15) is 17.8 Å². The summed E-state index contributed by atoms with van der Waals surface area (Å²) in [5.41, 5.74) is 1.26. The number of benzene rings is 2. The molecule has 1 saturated heterocycles. The normalized spacial score (nSPS) is 19.0. The highest BCUT2D eigenvalue weighted by Crippen LogP contribution is 2.38. The van der Waals surface area contributed by atoms with Gasteiger partial charge in [0, 0.05) is 36.3 Å². The van der Waals surface area contributed by atoms with Crippen LogP contribution in [0.5, 0.6) is 0 Å². The Morgan fingerprint density at radius 2 is 1.90 bits per heavy atom. The number of carbonyl (C=O) groups excluding carboxylic acids is 2. The Bertz CT molecular complexity index is 960. The number of piperidine rings is 1. The zero-order valence-electron chi connectivity index (χ0n) is 16.6. The minimum atomic E-state index is -0.621. The van der Waals surface area contributed by atoms with E-state index in [2.05, 4.69) is 5.32 Å². The molecule has 2 aromatic rings. The molecule has 0 spiro atoms. The molecule has 0 unspecified atom stereocenters. The molecule has 158 valence electrons. The van der Waals surface area contributed by atoms with E-state index >= 15 is 0 Å². The van der Waals surface area contributed by atoms with Gasteiger partial charge in [-0.05, 0) is 38.0 Å². The molecule has 1 atom stereocenters. The van der Waals surface area contributed by atoms with Gasteiger partial charge in [-0.2, -0.15) is 0 Å². The molecule has 0 radical (unpaired) electrons. The SMILES string of the molecule is CCOC(=O)N1CCC(N2C(=O)c3ccccc3[C@@H]2Nc2cc(F)ccc2F)CC1. The molecule has 0 aliphatic carbocycles. The Kier molecular flexibility index (Phi) is 5.57. The molecule has 30 heavy (non-hydrogen) atoms. The van der Waals surface area contributed by atoms with Gasteiger partial charge in [0.2, 0.25) is 0 Å². The van der Waals surface area contributed by atoms with E-state index in [4.69, 9.17) is 4.74 Å². The molecule has 2 aliphatic heterocycles. The lowest BCUT2D eigenvalue weighted by Crippen LogP contribution is -2.49. The second-order valence-corrected chi connectivity index (χ2v) is 7.39. The summed E-state index contributed by atoms with van der Waals surface area (Å²) in [5, 5.41) is 3.02. The molecule has 0 aromatic heterocycles. The van der Waals surface area contributed by atoms with E-state index in [0.717, 1.165) is 23.8 Å². The number of hydrogen-bond donors (Lipinski definition) is 1. The third-order valence-corrected chi connectivity index (χ3v) is 5.60. The number of carbonyl (C=O) groups is 2. The molecule has 2 amide bonds. The fraction of sp³-hybridized carbons (Fsp3) is 0.364. The number of likely N-dealkylation sites (tertiary alicyclic amines) is 1. The van der Waals surface area contributed by atoms with Gasteiger partial charge >= 0.3 is 6.09 Å². The first-order valence-corrected chi connectivity index (χ1v) is 10.0. The van der Waals surface area contributed by atoms with Crippen molar-refractivity contribution in [3.05, 3.63) is 65.2 Å². The number of ether oxygens (including phenoxy) is 1. The molecular formula is C22H23F2N3O3. The highest BCUT2D eigenvalue weighted by Gasteiger charge is 2.42. The Balaban J connectivity index is 1.59. The Hall–Kier alpha value is -3.16. The summed E-state index contributed by atoms with van der Waals surface area (Å²) in [7, 11) is 0. The van der Waals surface area contributed by atoms with E-state index in [9.17, 15) is 18.4 Å². The number of anilines is 1. The minimum absolute atomic E-state index is 0.00142. The van der Waals surface area contributed by atoms with Gasteiger partial charge in [0.05, 0.1) is 12.3 Å². The summed E-state index contributed by atoms with van der Waals surface area (Å²) in [4.78, 5) is 28.5. The molecule has 0 bridgehead atoms. The maximum atomic E-state index is 14.3. The fourth-order valence-corrected chi connectivity index (χ4v) is 4.16. The van der Waals surface area contributed by atoms with E-state index in [1.807, 2.05) is 12.1 Å². The monoisotopic (exact) mass is 415 g/mol. The van der Waals surface area contributed by atoms with Gasteiger partial charge in [0.15, 0.2) is 0 Å². The first-order valence-electron chi connectivity index (χ1n) is 10.0. The summed E-state index contributed by atoms with van der Waals surface area (Å²) in [6, 6.07) is 10.2. The van der Waals surface area contributed by atoms with Crippen LogP contribution in [0, 0.1) is 11.6 Å². The van der Waals surface area contributed by atoms with Crippen molar-refractivity contribution < 1.29 is 23.1 Å². The summed E-state index contributed by atoms with van der Waals surface area (Å²) < 4.78 is 33.0. The Morgan fingerprint density at radius 1 is 1.17 bits per heavy atom. The zero-order chi connectivity index (χ0) is 21.3. The number of nitrogens with one attached hydrogen (secondary N) is 1. The average molecular weight is 415 g/mol. The lowest BCUT2D eigenvalue weighted by molar-refractivity contribution is 0.0496. The van der Waals surface area contributed by atoms with Gasteiger partial charge in [-0.15, -0.1) is 0 Å². The van der Waals surface area contributed by atoms with Gasteiger partial charge in [-0.1, -0.05) is 18.2 Å². The molecular weight excluding hydrogens is 392 g/mol. The van der Waals surface area contributed by atoms with E-state index < -0.39 is 17.8 Å². The smallest absolute Gasteiger partial charge is 0.409 e. The number of rotatable bonds is 4. The first kappa shape index (κ1) is 20.1. The summed E-state index contributed by atoms with van der Waals surface area (Å²) >= 11 is 0. The number of fused-ring (bicyclic) bond motifs is 1. The predicted molar refractivity (Wildman–Crippen MR) is 107 cm³/mol. The van der Waals surface area contributed by atoms with Crippen LogP contribution in [-0.4, -0.2) is 47.5 Å². The highest BCUT2D eigenvalue weighted by atomic mass is 19.1. The number of halogens is 2. The van der Waals surface area contributed by atoms with Crippen LogP contribution in [0.15, 0.2) is 42.5 Å². The van der Waals surface area contributed by atoms with Crippen LogP contribution in [0.2, 0.25) is 0 Å². The van der Waals surface area contributed by atoms with Gasteiger partial charge in [-0.3, -0.25) is 4.79 Å². The lowest BCUT2D eigenvalue weighted by Gasteiger charge is -2.39. The lowest BCUT2D eigenvalue weighted by atomic mass is 10.0. The molecule has 0 saturated carbocycles. The van der Waals surface area contributed by atoms with Gasteiger partial charge in [-0.25, -0.2) is 13.6 Å². The van der Waals surface area contributed by atoms with E-state index in [-0.39, 0.29) is 23.7 Å². The topological polar surface area (TPSA) is 61.9 Å². The summed E-state index contributed by atoms with van der Waals surface area (Å²) in [5.74, 6) is -1.31. The van der Waals surface area contributed by atoms with E-state index in [0.29, 0.717) is 38.1 Å². The average Bonchev–Trinajstić information content (AvgIpc) is 3.03. The summed E-state index contributed by atoms with van der Waals surface area (Å²) in [6.45, 7) is 2.99.